The average molecular weight is 381 g/mol. The van der Waals surface area contributed by atoms with E-state index >= 15 is 0 Å². The molecule has 4 aromatic rings. The smallest absolute Gasteiger partial charge is 0.0747 e. The highest BCUT2D eigenvalue weighted by molar-refractivity contribution is 5.88. The van der Waals surface area contributed by atoms with Crippen molar-refractivity contribution in [2.24, 2.45) is 7.05 Å². The number of aryl methyl sites for hydroxylation is 1. The highest BCUT2D eigenvalue weighted by Gasteiger charge is 2.23. The predicted molar refractivity (Wildman–Crippen MR) is 114 cm³/mol. The second-order valence-corrected chi connectivity index (χ2v) is 8.24. The molecule has 0 saturated heterocycles. The lowest BCUT2D eigenvalue weighted by molar-refractivity contribution is 0.693. The fraction of sp³-hybridized carbons (Fsp3) is 0.292. The van der Waals surface area contributed by atoms with Gasteiger partial charge in [0.05, 0.1) is 23.6 Å². The van der Waals surface area contributed by atoms with Gasteiger partial charge in [-0.15, -0.1) is 0 Å². The van der Waals surface area contributed by atoms with Crippen LogP contribution in [0.25, 0.3) is 22.2 Å². The summed E-state index contributed by atoms with van der Waals surface area (Å²) in [7, 11) is 1.94. The molecule has 2 aliphatic rings. The average Bonchev–Trinajstić information content (AvgIpc) is 3.52. The van der Waals surface area contributed by atoms with Crippen LogP contribution in [0.4, 0.5) is 0 Å². The zero-order chi connectivity index (χ0) is 19.4. The zero-order valence-electron chi connectivity index (χ0n) is 16.5. The Morgan fingerprint density at radius 1 is 0.966 bits per heavy atom. The van der Waals surface area contributed by atoms with E-state index in [9.17, 15) is 0 Å². The molecule has 0 N–H and O–H groups in total. The largest absolute Gasteiger partial charge is 0.275 e. The first kappa shape index (κ1) is 16.7. The van der Waals surface area contributed by atoms with Gasteiger partial charge in [-0.05, 0) is 42.2 Å². The molecule has 1 fully saturated rings. The van der Waals surface area contributed by atoms with Gasteiger partial charge in [0.2, 0.25) is 0 Å². The maximum Gasteiger partial charge on any atom is 0.0747 e. The maximum atomic E-state index is 5.05. The van der Waals surface area contributed by atoms with Gasteiger partial charge in [-0.1, -0.05) is 25.0 Å². The lowest BCUT2D eigenvalue weighted by atomic mass is 9.98. The van der Waals surface area contributed by atoms with Crippen LogP contribution < -0.4 is 0 Å². The number of aromatic nitrogens is 5. The second kappa shape index (κ2) is 6.41. The third-order valence-electron chi connectivity index (χ3n) is 6.41. The summed E-state index contributed by atoms with van der Waals surface area (Å²) < 4.78 is 3.76. The Morgan fingerprint density at radius 2 is 1.86 bits per heavy atom. The monoisotopic (exact) mass is 381 g/mol. The lowest BCUT2D eigenvalue weighted by Crippen LogP contribution is -2.00. The van der Waals surface area contributed by atoms with Gasteiger partial charge >= 0.3 is 0 Å². The molecule has 0 aliphatic heterocycles. The molecule has 0 unspecified atom stereocenters. The first-order valence-electron chi connectivity index (χ1n) is 10.4. The summed E-state index contributed by atoms with van der Waals surface area (Å²) in [5.74, 6) is 0.662. The van der Waals surface area contributed by atoms with Crippen molar-refractivity contribution in [1.82, 2.24) is 24.4 Å². The van der Waals surface area contributed by atoms with E-state index in [1.165, 1.54) is 53.8 Å². The normalized spacial score (nSPS) is 16.5. The van der Waals surface area contributed by atoms with Crippen LogP contribution >= 0.6 is 0 Å². The molecule has 144 valence electrons. The molecular weight excluding hydrogens is 358 g/mol. The van der Waals surface area contributed by atoms with E-state index in [-0.39, 0.29) is 0 Å². The first-order chi connectivity index (χ1) is 14.3. The summed E-state index contributed by atoms with van der Waals surface area (Å²) in [4.78, 5) is 5.05. The minimum Gasteiger partial charge on any atom is -0.275 e. The van der Waals surface area contributed by atoms with E-state index in [1.807, 2.05) is 41.0 Å². The van der Waals surface area contributed by atoms with Crippen LogP contribution in [-0.2, 0) is 13.5 Å². The summed E-state index contributed by atoms with van der Waals surface area (Å²) in [5, 5.41) is 8.83. The fourth-order valence-corrected chi connectivity index (χ4v) is 4.88. The summed E-state index contributed by atoms with van der Waals surface area (Å²) in [6.07, 6.45) is 16.4. The highest BCUT2D eigenvalue weighted by Crippen LogP contribution is 2.37. The Kier molecular flexibility index (Phi) is 3.69. The van der Waals surface area contributed by atoms with Gasteiger partial charge < -0.3 is 0 Å². The summed E-state index contributed by atoms with van der Waals surface area (Å²) in [5.41, 5.74) is 9.59. The molecule has 0 aromatic carbocycles. The van der Waals surface area contributed by atoms with Gasteiger partial charge in [0.15, 0.2) is 0 Å². The van der Waals surface area contributed by atoms with Crippen molar-refractivity contribution in [1.29, 1.82) is 0 Å². The highest BCUT2D eigenvalue weighted by atomic mass is 15.2. The van der Waals surface area contributed by atoms with Crippen LogP contribution in [-0.4, -0.2) is 24.4 Å². The molecule has 0 atom stereocenters. The van der Waals surface area contributed by atoms with Crippen molar-refractivity contribution < 1.29 is 0 Å². The number of nitrogens with zero attached hydrogens (tertiary/aromatic N) is 5. The molecule has 0 bridgehead atoms. The molecule has 0 radical (unpaired) electrons. The number of rotatable bonds is 3. The summed E-state index contributed by atoms with van der Waals surface area (Å²) in [6.45, 7) is 0. The Hall–Kier alpha value is -3.21. The lowest BCUT2D eigenvalue weighted by Gasteiger charge is -2.12. The molecule has 1 saturated carbocycles. The Balaban J connectivity index is 1.39. The Labute approximate surface area is 169 Å². The molecular formula is C24H23N5. The predicted octanol–water partition coefficient (Wildman–Crippen LogP) is 4.78. The van der Waals surface area contributed by atoms with E-state index in [0.29, 0.717) is 5.92 Å². The van der Waals surface area contributed by atoms with E-state index in [1.54, 1.807) is 0 Å². The maximum absolute atomic E-state index is 5.05. The molecule has 29 heavy (non-hydrogen) atoms. The van der Waals surface area contributed by atoms with Gasteiger partial charge in [0, 0.05) is 54.2 Å². The van der Waals surface area contributed by atoms with Crippen molar-refractivity contribution >= 4 is 11.1 Å². The minimum atomic E-state index is 0.662. The molecule has 5 heteroatoms. The quantitative estimate of drug-likeness (QED) is 0.513. The van der Waals surface area contributed by atoms with E-state index < -0.39 is 0 Å². The van der Waals surface area contributed by atoms with Crippen LogP contribution in [0.1, 0.15) is 54.1 Å². The molecule has 4 aromatic heterocycles. The van der Waals surface area contributed by atoms with Gasteiger partial charge in [-0.25, -0.2) is 4.52 Å². The third kappa shape index (κ3) is 2.72. The number of pyridine rings is 2. The Morgan fingerprint density at radius 3 is 2.69 bits per heavy atom. The zero-order valence-corrected chi connectivity index (χ0v) is 16.5. The first-order valence-corrected chi connectivity index (χ1v) is 10.4. The van der Waals surface area contributed by atoms with Crippen molar-refractivity contribution in [3.8, 4) is 11.1 Å². The molecule has 0 spiro atoms. The van der Waals surface area contributed by atoms with E-state index in [4.69, 9.17) is 4.98 Å². The number of allylic oxidation sites excluding steroid dienone is 1. The van der Waals surface area contributed by atoms with Crippen LogP contribution in [0.15, 0.2) is 55.1 Å². The van der Waals surface area contributed by atoms with Crippen molar-refractivity contribution in [2.45, 2.75) is 38.0 Å². The summed E-state index contributed by atoms with van der Waals surface area (Å²) in [6, 6.07) is 8.93. The number of hydrogen-bond acceptors (Lipinski definition) is 3. The molecule has 6 rings (SSSR count). The standard InChI is InChI=1S/C24H23N5/c1-28-15-18(13-25-28)21-14-26-29-11-10-17(12-24(21)29)19-6-9-23-20(19)7-8-22(27-23)16-4-2-3-5-16/h6-8,10-16H,2-5,9H2,1H3. The van der Waals surface area contributed by atoms with Gasteiger partial charge in [-0.2, -0.15) is 10.2 Å². The van der Waals surface area contributed by atoms with Gasteiger partial charge in [0.1, 0.15) is 0 Å². The van der Waals surface area contributed by atoms with Gasteiger partial charge in [0.25, 0.3) is 0 Å². The van der Waals surface area contributed by atoms with Crippen LogP contribution in [0.3, 0.4) is 0 Å². The van der Waals surface area contributed by atoms with Crippen LogP contribution in [0, 0.1) is 0 Å². The van der Waals surface area contributed by atoms with E-state index in [2.05, 4.69) is 40.5 Å². The number of fused-ring (bicyclic) bond motifs is 2. The van der Waals surface area contributed by atoms with Gasteiger partial charge in [-0.3, -0.25) is 9.67 Å². The fourth-order valence-electron chi connectivity index (χ4n) is 4.88. The molecule has 4 heterocycles. The minimum absolute atomic E-state index is 0.662. The van der Waals surface area contributed by atoms with Crippen molar-refractivity contribution in [2.75, 3.05) is 0 Å². The molecule has 2 aliphatic carbocycles. The van der Waals surface area contributed by atoms with Crippen molar-refractivity contribution in [3.05, 3.63) is 77.6 Å². The topological polar surface area (TPSA) is 48.0 Å². The van der Waals surface area contributed by atoms with Crippen LogP contribution in [0.5, 0.6) is 0 Å². The Bertz CT molecular complexity index is 1250. The molecule has 5 nitrogen and oxygen atoms in total. The molecule has 0 amide bonds. The summed E-state index contributed by atoms with van der Waals surface area (Å²) >= 11 is 0. The SMILES string of the molecule is Cn1cc(-c2cnn3ccc(C4=CCc5nc(C6CCCC6)ccc54)cc23)cn1. The van der Waals surface area contributed by atoms with Crippen molar-refractivity contribution in [3.63, 3.8) is 0 Å². The second-order valence-electron chi connectivity index (χ2n) is 8.24. The number of hydrogen-bond donors (Lipinski definition) is 0. The third-order valence-corrected chi connectivity index (χ3v) is 6.41. The van der Waals surface area contributed by atoms with E-state index in [0.717, 1.165) is 23.1 Å². The van der Waals surface area contributed by atoms with Crippen LogP contribution in [0.2, 0.25) is 0 Å².